The number of nitrogens with one attached hydrogen (secondary N) is 1. The molecule has 132 valence electrons. The van der Waals surface area contributed by atoms with E-state index in [0.29, 0.717) is 11.5 Å². The molecule has 0 saturated carbocycles. The van der Waals surface area contributed by atoms with Crippen molar-refractivity contribution in [2.45, 2.75) is 39.2 Å². The largest absolute Gasteiger partial charge is 0.491 e. The fraction of sp³-hybridized carbons (Fsp3) is 0.316. The highest BCUT2D eigenvalue weighted by atomic mass is 32.1. The molecular formula is C19H18N4O2S. The molecule has 0 amide bonds. The Bertz CT molecular complexity index is 1200. The highest BCUT2D eigenvalue weighted by Crippen LogP contribution is 2.37. The molecule has 4 aromatic rings. The lowest BCUT2D eigenvalue weighted by Crippen LogP contribution is -2.17. The van der Waals surface area contributed by atoms with Crippen LogP contribution in [0.4, 0.5) is 0 Å². The maximum atomic E-state index is 12.5. The summed E-state index contributed by atoms with van der Waals surface area (Å²) >= 11 is 1.67. The van der Waals surface area contributed by atoms with Gasteiger partial charge >= 0.3 is 5.69 Å². The topological polar surface area (TPSA) is 72.3 Å². The fourth-order valence-corrected chi connectivity index (χ4v) is 4.87. The fourth-order valence-electron chi connectivity index (χ4n) is 3.60. The zero-order valence-electron chi connectivity index (χ0n) is 14.6. The maximum Gasteiger partial charge on any atom is 0.349 e. The van der Waals surface area contributed by atoms with E-state index >= 15 is 0 Å². The van der Waals surface area contributed by atoms with Gasteiger partial charge in [-0.15, -0.1) is 16.4 Å². The van der Waals surface area contributed by atoms with E-state index in [-0.39, 0.29) is 11.8 Å². The average Bonchev–Trinajstić information content (AvgIpc) is 3.27. The van der Waals surface area contributed by atoms with Crippen LogP contribution in [0, 0.1) is 0 Å². The van der Waals surface area contributed by atoms with Crippen molar-refractivity contribution in [3.8, 4) is 17.1 Å². The lowest BCUT2D eigenvalue weighted by molar-refractivity contribution is 0.242. The van der Waals surface area contributed by atoms with Crippen molar-refractivity contribution < 1.29 is 4.74 Å². The van der Waals surface area contributed by atoms with E-state index in [4.69, 9.17) is 9.72 Å². The van der Waals surface area contributed by atoms with Gasteiger partial charge in [0.2, 0.25) is 0 Å². The third kappa shape index (κ3) is 2.34. The van der Waals surface area contributed by atoms with Crippen molar-refractivity contribution in [2.24, 2.45) is 0 Å². The first kappa shape index (κ1) is 15.6. The normalized spacial score (nSPS) is 13.8. The zero-order valence-corrected chi connectivity index (χ0v) is 15.4. The minimum absolute atomic E-state index is 0.0927. The number of H-pyrrole nitrogens is 1. The van der Waals surface area contributed by atoms with Crippen LogP contribution in [0.3, 0.4) is 0 Å². The first-order valence-electron chi connectivity index (χ1n) is 8.80. The van der Waals surface area contributed by atoms with E-state index in [1.807, 2.05) is 38.1 Å². The molecule has 3 aromatic heterocycles. The van der Waals surface area contributed by atoms with E-state index in [2.05, 4.69) is 10.1 Å². The number of thiophene rings is 1. The monoisotopic (exact) mass is 366 g/mol. The Morgan fingerprint density at radius 3 is 3.04 bits per heavy atom. The van der Waals surface area contributed by atoms with Crippen molar-refractivity contribution in [2.75, 3.05) is 0 Å². The summed E-state index contributed by atoms with van der Waals surface area (Å²) in [7, 11) is 0. The Kier molecular flexibility index (Phi) is 3.40. The molecule has 1 N–H and O–H groups in total. The highest BCUT2D eigenvalue weighted by Gasteiger charge is 2.23. The molecule has 1 aromatic carbocycles. The van der Waals surface area contributed by atoms with Gasteiger partial charge in [-0.2, -0.15) is 4.52 Å². The van der Waals surface area contributed by atoms with Crippen LogP contribution in [-0.2, 0) is 12.8 Å². The molecule has 1 aliphatic rings. The van der Waals surface area contributed by atoms with Crippen LogP contribution in [0.5, 0.6) is 5.75 Å². The van der Waals surface area contributed by atoms with E-state index in [0.717, 1.165) is 40.8 Å². The molecule has 0 aliphatic heterocycles. The van der Waals surface area contributed by atoms with Gasteiger partial charge in [-0.3, -0.25) is 4.98 Å². The molecule has 0 radical (unpaired) electrons. The molecular weight excluding hydrogens is 348 g/mol. The molecule has 0 atom stereocenters. The first-order chi connectivity index (χ1) is 12.6. The summed E-state index contributed by atoms with van der Waals surface area (Å²) in [6.07, 6.45) is 3.38. The summed E-state index contributed by atoms with van der Waals surface area (Å²) in [6.45, 7) is 3.98. The molecule has 26 heavy (non-hydrogen) atoms. The molecule has 6 nitrogen and oxygen atoms in total. The lowest BCUT2D eigenvalue weighted by atomic mass is 10.2. The smallest absolute Gasteiger partial charge is 0.349 e. The third-order valence-electron chi connectivity index (χ3n) is 4.63. The van der Waals surface area contributed by atoms with Crippen molar-refractivity contribution in [3.05, 3.63) is 45.2 Å². The minimum Gasteiger partial charge on any atom is -0.491 e. The summed E-state index contributed by atoms with van der Waals surface area (Å²) in [5.41, 5.74) is 2.56. The van der Waals surface area contributed by atoms with Gasteiger partial charge in [-0.1, -0.05) is 12.1 Å². The Morgan fingerprint density at radius 1 is 1.31 bits per heavy atom. The second-order valence-electron chi connectivity index (χ2n) is 6.86. The Labute approximate surface area is 153 Å². The number of ether oxygens (including phenoxy) is 1. The average molecular weight is 366 g/mol. The molecule has 1 aliphatic carbocycles. The number of aromatic amines is 1. The van der Waals surface area contributed by atoms with Crippen LogP contribution in [-0.4, -0.2) is 25.7 Å². The van der Waals surface area contributed by atoms with Gasteiger partial charge in [0.25, 0.3) is 0 Å². The van der Waals surface area contributed by atoms with Crippen LogP contribution >= 0.6 is 11.3 Å². The van der Waals surface area contributed by atoms with Gasteiger partial charge in [0.1, 0.15) is 10.6 Å². The molecule has 0 unspecified atom stereocenters. The van der Waals surface area contributed by atoms with Crippen molar-refractivity contribution in [3.63, 3.8) is 0 Å². The zero-order chi connectivity index (χ0) is 17.8. The number of aryl methyl sites for hydroxylation is 2. The van der Waals surface area contributed by atoms with E-state index < -0.39 is 0 Å². The van der Waals surface area contributed by atoms with Gasteiger partial charge in [-0.25, -0.2) is 9.78 Å². The van der Waals surface area contributed by atoms with Crippen molar-refractivity contribution >= 4 is 27.2 Å². The Morgan fingerprint density at radius 2 is 2.19 bits per heavy atom. The van der Waals surface area contributed by atoms with Crippen LogP contribution in [0.2, 0.25) is 0 Å². The summed E-state index contributed by atoms with van der Waals surface area (Å²) in [6, 6.07) is 7.68. The number of aromatic nitrogens is 4. The van der Waals surface area contributed by atoms with E-state index in [1.54, 1.807) is 11.3 Å². The van der Waals surface area contributed by atoms with Crippen LogP contribution in [0.15, 0.2) is 29.1 Å². The summed E-state index contributed by atoms with van der Waals surface area (Å²) in [5, 5.41) is 5.52. The molecule has 5 rings (SSSR count). The SMILES string of the molecule is CC(C)Oc1cccc(-c2nc3c4c5c(sc4[nH]c(=O)n3n2)CCC5)c1. The van der Waals surface area contributed by atoms with Crippen molar-refractivity contribution in [1.82, 2.24) is 19.6 Å². The maximum absolute atomic E-state index is 12.5. The summed E-state index contributed by atoms with van der Waals surface area (Å²) in [5.74, 6) is 1.31. The van der Waals surface area contributed by atoms with Crippen LogP contribution in [0.1, 0.15) is 30.7 Å². The van der Waals surface area contributed by atoms with Crippen LogP contribution < -0.4 is 10.4 Å². The summed E-state index contributed by atoms with van der Waals surface area (Å²) in [4.78, 5) is 22.4. The third-order valence-corrected chi connectivity index (χ3v) is 5.84. The molecule has 0 spiro atoms. The standard InChI is InChI=1S/C19H18N4O2S/c1-10(2)25-12-6-3-5-11(9-12)16-20-17-15-13-7-4-8-14(13)26-18(15)21-19(24)23(17)22-16/h3,5-6,9-10H,4,7-8H2,1-2H3,(H,21,24). The summed E-state index contributed by atoms with van der Waals surface area (Å²) < 4.78 is 7.15. The first-order valence-corrected chi connectivity index (χ1v) is 9.62. The number of nitrogens with zero attached hydrogens (tertiary/aromatic N) is 3. The quantitative estimate of drug-likeness (QED) is 0.602. The highest BCUT2D eigenvalue weighted by molar-refractivity contribution is 7.19. The van der Waals surface area contributed by atoms with E-state index in [9.17, 15) is 4.79 Å². The van der Waals surface area contributed by atoms with E-state index in [1.165, 1.54) is 15.0 Å². The molecule has 7 heteroatoms. The van der Waals surface area contributed by atoms with Crippen molar-refractivity contribution in [1.29, 1.82) is 0 Å². The minimum atomic E-state index is -0.249. The van der Waals surface area contributed by atoms with Gasteiger partial charge in [0.15, 0.2) is 11.5 Å². The molecule has 0 saturated heterocycles. The second-order valence-corrected chi connectivity index (χ2v) is 7.96. The lowest BCUT2D eigenvalue weighted by Gasteiger charge is -2.09. The molecule has 3 heterocycles. The van der Waals surface area contributed by atoms with Gasteiger partial charge in [0, 0.05) is 10.4 Å². The van der Waals surface area contributed by atoms with Crippen LogP contribution in [0.25, 0.3) is 27.3 Å². The number of hydrogen-bond acceptors (Lipinski definition) is 5. The Balaban J connectivity index is 1.72. The number of benzene rings is 1. The van der Waals surface area contributed by atoms with Gasteiger partial charge in [-0.05, 0) is 50.8 Å². The number of rotatable bonds is 3. The number of fused-ring (bicyclic) bond motifs is 5. The predicted molar refractivity (Wildman–Crippen MR) is 102 cm³/mol. The predicted octanol–water partition coefficient (Wildman–Crippen LogP) is 3.58. The second kappa shape index (κ2) is 5.67. The number of hydrogen-bond donors (Lipinski definition) is 1. The van der Waals surface area contributed by atoms with Gasteiger partial charge in [0.05, 0.1) is 11.5 Å². The Hall–Kier alpha value is -2.67. The molecule has 0 fully saturated rings. The molecule has 0 bridgehead atoms. The van der Waals surface area contributed by atoms with Gasteiger partial charge < -0.3 is 4.74 Å².